The zero-order chi connectivity index (χ0) is 14.9. The van der Waals surface area contributed by atoms with Crippen molar-refractivity contribution < 1.29 is 0 Å². The predicted octanol–water partition coefficient (Wildman–Crippen LogP) is 2.70. The summed E-state index contributed by atoms with van der Waals surface area (Å²) in [6, 6.07) is 1.05. The molecule has 3 aliphatic rings. The molecule has 21 heavy (non-hydrogen) atoms. The Kier molecular flexibility index (Phi) is 4.92. The summed E-state index contributed by atoms with van der Waals surface area (Å²) in [7, 11) is 0. The Balaban J connectivity index is 1.48. The van der Waals surface area contributed by atoms with Gasteiger partial charge >= 0.3 is 0 Å². The third-order valence-corrected chi connectivity index (χ3v) is 6.24. The zero-order valence-electron chi connectivity index (χ0n) is 14.2. The Morgan fingerprint density at radius 3 is 2.33 bits per heavy atom. The number of piperidine rings is 1. The first-order valence-corrected chi connectivity index (χ1v) is 9.25. The summed E-state index contributed by atoms with van der Waals surface area (Å²) in [5.74, 6) is 0.937. The summed E-state index contributed by atoms with van der Waals surface area (Å²) >= 11 is 0. The normalized spacial score (nSPS) is 36.1. The smallest absolute Gasteiger partial charge is 0.0252 e. The summed E-state index contributed by atoms with van der Waals surface area (Å²) in [4.78, 5) is 5.42. The third kappa shape index (κ3) is 4.00. The maximum atomic E-state index is 6.45. The summed E-state index contributed by atoms with van der Waals surface area (Å²) < 4.78 is 0. The van der Waals surface area contributed by atoms with Crippen molar-refractivity contribution >= 4 is 0 Å². The molecular formula is C18H35N3. The van der Waals surface area contributed by atoms with Crippen LogP contribution in [0.3, 0.4) is 0 Å². The summed E-state index contributed by atoms with van der Waals surface area (Å²) in [6.45, 7) is 11.5. The highest BCUT2D eigenvalue weighted by atomic mass is 15.2. The third-order valence-electron chi connectivity index (χ3n) is 6.24. The zero-order valence-corrected chi connectivity index (χ0v) is 14.2. The van der Waals surface area contributed by atoms with Gasteiger partial charge in [0.25, 0.3) is 0 Å². The Bertz CT molecular complexity index is 327. The molecule has 2 N–H and O–H groups in total. The number of nitrogens with zero attached hydrogens (tertiary/aromatic N) is 2. The van der Waals surface area contributed by atoms with Crippen LogP contribution in [0.4, 0.5) is 0 Å². The van der Waals surface area contributed by atoms with E-state index >= 15 is 0 Å². The van der Waals surface area contributed by atoms with E-state index in [4.69, 9.17) is 5.73 Å². The standard InChI is InChI=1S/C18H35N3/c1-18(2)8-5-16(19)17(13-18)21-11-6-15(7-12-21)14-20-9-3-4-10-20/h15-17H,3-14,19H2,1-2H3. The molecule has 2 unspecified atom stereocenters. The van der Waals surface area contributed by atoms with Gasteiger partial charge in [0.05, 0.1) is 0 Å². The van der Waals surface area contributed by atoms with Crippen LogP contribution in [0.2, 0.25) is 0 Å². The molecule has 1 aliphatic carbocycles. The highest BCUT2D eigenvalue weighted by Crippen LogP contribution is 2.38. The molecular weight excluding hydrogens is 258 g/mol. The minimum absolute atomic E-state index is 0.410. The molecule has 0 aromatic heterocycles. The summed E-state index contributed by atoms with van der Waals surface area (Å²) in [6.07, 6.45) is 9.43. The monoisotopic (exact) mass is 293 g/mol. The van der Waals surface area contributed by atoms with Gasteiger partial charge in [-0.1, -0.05) is 13.8 Å². The molecule has 0 aromatic carbocycles. The molecule has 1 saturated carbocycles. The van der Waals surface area contributed by atoms with Gasteiger partial charge in [0, 0.05) is 18.6 Å². The summed E-state index contributed by atoms with van der Waals surface area (Å²) in [5, 5.41) is 0. The van der Waals surface area contributed by atoms with Crippen LogP contribution in [-0.4, -0.2) is 54.6 Å². The van der Waals surface area contributed by atoms with Crippen molar-refractivity contribution in [2.45, 2.75) is 70.9 Å². The topological polar surface area (TPSA) is 32.5 Å². The van der Waals surface area contributed by atoms with Crippen molar-refractivity contribution in [3.05, 3.63) is 0 Å². The minimum atomic E-state index is 0.410. The molecule has 3 rings (SSSR count). The number of nitrogens with two attached hydrogens (primary N) is 1. The van der Waals surface area contributed by atoms with Crippen LogP contribution in [0.15, 0.2) is 0 Å². The molecule has 122 valence electrons. The van der Waals surface area contributed by atoms with Crippen LogP contribution in [0.1, 0.15) is 58.8 Å². The lowest BCUT2D eigenvalue weighted by Gasteiger charge is -2.47. The Hall–Kier alpha value is -0.120. The molecule has 2 saturated heterocycles. The van der Waals surface area contributed by atoms with Gasteiger partial charge < -0.3 is 10.6 Å². The van der Waals surface area contributed by atoms with E-state index in [1.54, 1.807) is 0 Å². The maximum absolute atomic E-state index is 6.45. The van der Waals surface area contributed by atoms with E-state index < -0.39 is 0 Å². The first-order chi connectivity index (χ1) is 10.0. The fourth-order valence-corrected chi connectivity index (χ4v) is 4.77. The molecule has 2 atom stereocenters. The van der Waals surface area contributed by atoms with Gasteiger partial charge in [-0.2, -0.15) is 0 Å². The fourth-order valence-electron chi connectivity index (χ4n) is 4.77. The Labute approximate surface area is 131 Å². The van der Waals surface area contributed by atoms with E-state index in [9.17, 15) is 0 Å². The van der Waals surface area contributed by atoms with Crippen LogP contribution in [0.5, 0.6) is 0 Å². The second kappa shape index (κ2) is 6.55. The van der Waals surface area contributed by atoms with Crippen LogP contribution in [-0.2, 0) is 0 Å². The lowest BCUT2D eigenvalue weighted by molar-refractivity contribution is 0.0470. The molecule has 2 heterocycles. The van der Waals surface area contributed by atoms with Crippen LogP contribution in [0, 0.1) is 11.3 Å². The molecule has 0 spiro atoms. The van der Waals surface area contributed by atoms with Crippen LogP contribution in [0.25, 0.3) is 0 Å². The molecule has 0 amide bonds. The number of hydrogen-bond donors (Lipinski definition) is 1. The minimum Gasteiger partial charge on any atom is -0.326 e. The molecule has 3 nitrogen and oxygen atoms in total. The maximum Gasteiger partial charge on any atom is 0.0252 e. The fraction of sp³-hybridized carbons (Fsp3) is 1.00. The number of likely N-dealkylation sites (tertiary alicyclic amines) is 2. The first-order valence-electron chi connectivity index (χ1n) is 9.25. The van der Waals surface area contributed by atoms with Gasteiger partial charge in [-0.25, -0.2) is 0 Å². The van der Waals surface area contributed by atoms with Crippen molar-refractivity contribution in [1.29, 1.82) is 0 Å². The lowest BCUT2D eigenvalue weighted by Crippen LogP contribution is -2.55. The van der Waals surface area contributed by atoms with Crippen molar-refractivity contribution in [2.75, 3.05) is 32.7 Å². The lowest BCUT2D eigenvalue weighted by atomic mass is 9.72. The number of hydrogen-bond acceptors (Lipinski definition) is 3. The van der Waals surface area contributed by atoms with Crippen molar-refractivity contribution in [3.63, 3.8) is 0 Å². The van der Waals surface area contributed by atoms with Gasteiger partial charge in [-0.05, 0) is 82.5 Å². The van der Waals surface area contributed by atoms with E-state index in [1.807, 2.05) is 0 Å². The largest absolute Gasteiger partial charge is 0.326 e. The van der Waals surface area contributed by atoms with Crippen molar-refractivity contribution in [2.24, 2.45) is 17.1 Å². The molecule has 3 heteroatoms. The van der Waals surface area contributed by atoms with Crippen LogP contribution < -0.4 is 5.73 Å². The van der Waals surface area contributed by atoms with Crippen molar-refractivity contribution in [3.8, 4) is 0 Å². The van der Waals surface area contributed by atoms with E-state index in [0.717, 1.165) is 5.92 Å². The number of rotatable bonds is 3. The van der Waals surface area contributed by atoms with Crippen LogP contribution >= 0.6 is 0 Å². The summed E-state index contributed by atoms with van der Waals surface area (Å²) in [5.41, 5.74) is 6.94. The van der Waals surface area contributed by atoms with Gasteiger partial charge in [0.1, 0.15) is 0 Å². The van der Waals surface area contributed by atoms with E-state index in [0.29, 0.717) is 17.5 Å². The molecule has 0 radical (unpaired) electrons. The van der Waals surface area contributed by atoms with Crippen molar-refractivity contribution in [1.82, 2.24) is 9.80 Å². The average Bonchev–Trinajstić information content (AvgIpc) is 2.95. The van der Waals surface area contributed by atoms with Gasteiger partial charge in [0.2, 0.25) is 0 Å². The highest BCUT2D eigenvalue weighted by Gasteiger charge is 2.37. The quantitative estimate of drug-likeness (QED) is 0.868. The highest BCUT2D eigenvalue weighted by molar-refractivity contribution is 4.94. The first kappa shape index (κ1) is 15.8. The van der Waals surface area contributed by atoms with Gasteiger partial charge in [-0.3, -0.25) is 4.90 Å². The molecule has 0 bridgehead atoms. The molecule has 2 aliphatic heterocycles. The Morgan fingerprint density at radius 2 is 1.67 bits per heavy atom. The van der Waals surface area contributed by atoms with E-state index in [2.05, 4.69) is 23.6 Å². The SMILES string of the molecule is CC1(C)CCC(N)C(N2CCC(CN3CCCC3)CC2)C1. The predicted molar refractivity (Wildman–Crippen MR) is 89.4 cm³/mol. The second-order valence-electron chi connectivity index (χ2n) is 8.63. The van der Waals surface area contributed by atoms with E-state index in [1.165, 1.54) is 77.7 Å². The van der Waals surface area contributed by atoms with Gasteiger partial charge in [0.15, 0.2) is 0 Å². The second-order valence-corrected chi connectivity index (χ2v) is 8.63. The molecule has 3 fully saturated rings. The van der Waals surface area contributed by atoms with Gasteiger partial charge in [-0.15, -0.1) is 0 Å². The molecule has 0 aromatic rings. The average molecular weight is 293 g/mol. The Morgan fingerprint density at radius 1 is 1.00 bits per heavy atom. The van der Waals surface area contributed by atoms with E-state index in [-0.39, 0.29) is 0 Å².